The number of Topliss-reactive ketones (excluding diaryl/α,β-unsaturated/α-hetero) is 1. The number of halogens is 2. The highest BCUT2D eigenvalue weighted by molar-refractivity contribution is 5.86. The summed E-state index contributed by atoms with van der Waals surface area (Å²) in [5.41, 5.74) is 10.0. The minimum absolute atomic E-state index is 0. The Kier molecular flexibility index (Phi) is 9.47. The Bertz CT molecular complexity index is 1080. The molecule has 7 heteroatoms. The first-order chi connectivity index (χ1) is 14.7. The van der Waals surface area contributed by atoms with Gasteiger partial charge in [-0.15, -0.1) is 24.8 Å². The van der Waals surface area contributed by atoms with E-state index in [1.165, 1.54) is 0 Å². The van der Waals surface area contributed by atoms with E-state index in [0.717, 1.165) is 33.9 Å². The Labute approximate surface area is 199 Å². The van der Waals surface area contributed by atoms with Gasteiger partial charge in [-0.05, 0) is 41.0 Å². The van der Waals surface area contributed by atoms with Crippen molar-refractivity contribution in [2.75, 3.05) is 0 Å². The van der Waals surface area contributed by atoms with E-state index in [0.29, 0.717) is 12.8 Å². The van der Waals surface area contributed by atoms with Crippen LogP contribution < -0.4 is 10.5 Å². The predicted octanol–water partition coefficient (Wildman–Crippen LogP) is 5.39. The molecule has 0 saturated heterocycles. The lowest BCUT2D eigenvalue weighted by Crippen LogP contribution is -2.34. The summed E-state index contributed by atoms with van der Waals surface area (Å²) in [6.45, 7) is 0. The zero-order chi connectivity index (χ0) is 20.8. The SMILES string of the molecule is Cl.Cl.N[C@@H](Cc1cnc[nH]1)C(=O)Cc1ccc(-c2ccc(Oc3ccccc3)cc2)cc1. The van der Waals surface area contributed by atoms with Crippen LogP contribution in [0.2, 0.25) is 0 Å². The normalized spacial score (nSPS) is 11.0. The van der Waals surface area contributed by atoms with Crippen LogP contribution in [0.25, 0.3) is 11.1 Å². The van der Waals surface area contributed by atoms with Crippen LogP contribution in [0.3, 0.4) is 0 Å². The van der Waals surface area contributed by atoms with Gasteiger partial charge in [-0.3, -0.25) is 4.79 Å². The topological polar surface area (TPSA) is 81.0 Å². The van der Waals surface area contributed by atoms with Crippen LogP contribution in [0.1, 0.15) is 11.3 Å². The lowest BCUT2D eigenvalue weighted by Gasteiger charge is -2.10. The van der Waals surface area contributed by atoms with E-state index in [1.807, 2.05) is 78.9 Å². The van der Waals surface area contributed by atoms with Gasteiger partial charge in [0.2, 0.25) is 0 Å². The Balaban J connectivity index is 0.00000181. The molecule has 4 rings (SSSR count). The van der Waals surface area contributed by atoms with Crippen LogP contribution in [0.5, 0.6) is 11.5 Å². The number of hydrogen-bond donors (Lipinski definition) is 2. The van der Waals surface area contributed by atoms with Crippen molar-refractivity contribution in [2.24, 2.45) is 5.73 Å². The molecule has 1 atom stereocenters. The fourth-order valence-corrected chi connectivity index (χ4v) is 3.23. The molecular weight excluding hydrogens is 445 g/mol. The maximum absolute atomic E-state index is 12.4. The van der Waals surface area contributed by atoms with Crippen molar-refractivity contribution in [3.05, 3.63) is 103 Å². The number of benzene rings is 3. The van der Waals surface area contributed by atoms with Crippen molar-refractivity contribution in [3.8, 4) is 22.6 Å². The van der Waals surface area contributed by atoms with Gasteiger partial charge in [0.05, 0.1) is 12.4 Å². The smallest absolute Gasteiger partial charge is 0.154 e. The van der Waals surface area contributed by atoms with Gasteiger partial charge in [-0.2, -0.15) is 0 Å². The molecule has 166 valence electrons. The first-order valence-electron chi connectivity index (χ1n) is 9.85. The Morgan fingerprint density at radius 2 is 1.47 bits per heavy atom. The largest absolute Gasteiger partial charge is 0.457 e. The number of hydrogen-bond acceptors (Lipinski definition) is 4. The molecule has 4 aromatic rings. The summed E-state index contributed by atoms with van der Waals surface area (Å²) in [7, 11) is 0. The van der Waals surface area contributed by atoms with Crippen molar-refractivity contribution < 1.29 is 9.53 Å². The van der Waals surface area contributed by atoms with E-state index in [4.69, 9.17) is 10.5 Å². The number of nitrogens with two attached hydrogens (primary N) is 1. The quantitative estimate of drug-likeness (QED) is 0.362. The molecule has 0 spiro atoms. The van der Waals surface area contributed by atoms with E-state index < -0.39 is 6.04 Å². The standard InChI is InChI=1S/C25H23N3O2.2ClH/c26-24(15-21-16-27-17-28-21)25(29)14-18-6-8-19(9-7-18)20-10-12-23(13-11-20)30-22-4-2-1-3-5-22;;/h1-13,16-17,24H,14-15,26H2,(H,27,28);2*1H/t24-;;/m0../s1. The molecule has 0 aliphatic carbocycles. The molecule has 0 unspecified atom stereocenters. The van der Waals surface area contributed by atoms with Gasteiger partial charge < -0.3 is 15.5 Å². The number of ketones is 1. The zero-order valence-electron chi connectivity index (χ0n) is 17.3. The number of para-hydroxylation sites is 1. The highest BCUT2D eigenvalue weighted by atomic mass is 35.5. The van der Waals surface area contributed by atoms with Crippen LogP contribution in [-0.2, 0) is 17.6 Å². The summed E-state index contributed by atoms with van der Waals surface area (Å²) < 4.78 is 5.84. The fourth-order valence-electron chi connectivity index (χ4n) is 3.23. The minimum Gasteiger partial charge on any atom is -0.457 e. The maximum Gasteiger partial charge on any atom is 0.154 e. The molecule has 0 radical (unpaired) electrons. The monoisotopic (exact) mass is 469 g/mol. The average molecular weight is 470 g/mol. The Hall–Kier alpha value is -3.12. The van der Waals surface area contributed by atoms with Gasteiger partial charge in [-0.1, -0.05) is 54.6 Å². The molecule has 1 heterocycles. The molecule has 0 saturated carbocycles. The van der Waals surface area contributed by atoms with E-state index in [9.17, 15) is 4.79 Å². The Morgan fingerprint density at radius 1 is 0.875 bits per heavy atom. The van der Waals surface area contributed by atoms with Gasteiger partial charge in [0.1, 0.15) is 11.5 Å². The molecule has 5 nitrogen and oxygen atoms in total. The molecule has 32 heavy (non-hydrogen) atoms. The molecule has 0 fully saturated rings. The first kappa shape index (κ1) is 25.1. The average Bonchev–Trinajstić information content (AvgIpc) is 3.29. The van der Waals surface area contributed by atoms with Crippen molar-refractivity contribution in [2.45, 2.75) is 18.9 Å². The van der Waals surface area contributed by atoms with Crippen LogP contribution in [0, 0.1) is 0 Å². The summed E-state index contributed by atoms with van der Waals surface area (Å²) in [6.07, 6.45) is 4.07. The summed E-state index contributed by atoms with van der Waals surface area (Å²) in [6, 6.07) is 25.1. The third-order valence-corrected chi connectivity index (χ3v) is 4.91. The molecule has 0 amide bonds. The number of ether oxygens (including phenoxy) is 1. The second-order valence-corrected chi connectivity index (χ2v) is 7.17. The van der Waals surface area contributed by atoms with Crippen LogP contribution in [0.15, 0.2) is 91.4 Å². The van der Waals surface area contributed by atoms with Crippen molar-refractivity contribution in [3.63, 3.8) is 0 Å². The number of carbonyl (C=O) groups excluding carboxylic acids is 1. The molecule has 0 aliphatic heterocycles. The lowest BCUT2D eigenvalue weighted by molar-refractivity contribution is -0.119. The number of carbonyl (C=O) groups is 1. The maximum atomic E-state index is 12.4. The zero-order valence-corrected chi connectivity index (χ0v) is 18.9. The van der Waals surface area contributed by atoms with Crippen LogP contribution in [0.4, 0.5) is 0 Å². The number of rotatable bonds is 8. The minimum atomic E-state index is -0.540. The van der Waals surface area contributed by atoms with Crippen LogP contribution >= 0.6 is 24.8 Å². The molecule has 1 aromatic heterocycles. The van der Waals surface area contributed by atoms with E-state index in [2.05, 4.69) is 9.97 Å². The number of nitrogens with one attached hydrogen (secondary N) is 1. The first-order valence-corrected chi connectivity index (χ1v) is 9.85. The molecule has 0 bridgehead atoms. The van der Waals surface area contributed by atoms with Gasteiger partial charge in [0, 0.05) is 24.7 Å². The van der Waals surface area contributed by atoms with Crippen molar-refractivity contribution in [1.82, 2.24) is 9.97 Å². The third kappa shape index (κ3) is 6.69. The molecule has 3 N–H and O–H groups in total. The van der Waals surface area contributed by atoms with Crippen molar-refractivity contribution in [1.29, 1.82) is 0 Å². The van der Waals surface area contributed by atoms with Gasteiger partial charge in [-0.25, -0.2) is 4.98 Å². The van der Waals surface area contributed by atoms with Gasteiger partial charge in [0.15, 0.2) is 5.78 Å². The van der Waals surface area contributed by atoms with E-state index in [1.54, 1.807) is 12.5 Å². The summed E-state index contributed by atoms with van der Waals surface area (Å²) >= 11 is 0. The van der Waals surface area contributed by atoms with E-state index in [-0.39, 0.29) is 30.6 Å². The second-order valence-electron chi connectivity index (χ2n) is 7.17. The molecule has 0 aliphatic rings. The van der Waals surface area contributed by atoms with Gasteiger partial charge >= 0.3 is 0 Å². The fraction of sp³-hybridized carbons (Fsp3) is 0.120. The van der Waals surface area contributed by atoms with Gasteiger partial charge in [0.25, 0.3) is 0 Å². The lowest BCUT2D eigenvalue weighted by atomic mass is 9.98. The molecular formula is C25H25Cl2N3O2. The molecule has 3 aromatic carbocycles. The number of H-pyrrole nitrogens is 1. The Morgan fingerprint density at radius 3 is 2.06 bits per heavy atom. The third-order valence-electron chi connectivity index (χ3n) is 4.91. The number of imidazole rings is 1. The number of aromatic amines is 1. The second kappa shape index (κ2) is 12.1. The highest BCUT2D eigenvalue weighted by Crippen LogP contribution is 2.26. The summed E-state index contributed by atoms with van der Waals surface area (Å²) in [5.74, 6) is 1.61. The predicted molar refractivity (Wildman–Crippen MR) is 132 cm³/mol. The number of aromatic nitrogens is 2. The van der Waals surface area contributed by atoms with E-state index >= 15 is 0 Å². The van der Waals surface area contributed by atoms with Crippen molar-refractivity contribution >= 4 is 30.6 Å². The number of nitrogens with zero attached hydrogens (tertiary/aromatic N) is 1. The van der Waals surface area contributed by atoms with Crippen LogP contribution in [-0.4, -0.2) is 21.8 Å². The highest BCUT2D eigenvalue weighted by Gasteiger charge is 2.15. The summed E-state index contributed by atoms with van der Waals surface area (Å²) in [5, 5.41) is 0. The summed E-state index contributed by atoms with van der Waals surface area (Å²) in [4.78, 5) is 19.3.